The molecule has 1 fully saturated rings. The van der Waals surface area contributed by atoms with Gasteiger partial charge in [0.1, 0.15) is 11.9 Å². The second-order valence-corrected chi connectivity index (χ2v) is 6.97. The Hall–Kier alpha value is -2.83. The minimum absolute atomic E-state index is 0.0688. The zero-order valence-electron chi connectivity index (χ0n) is 15.5. The number of rotatable bonds is 6. The van der Waals surface area contributed by atoms with Gasteiger partial charge in [0.2, 0.25) is 5.91 Å². The van der Waals surface area contributed by atoms with Gasteiger partial charge in [0.25, 0.3) is 0 Å². The highest BCUT2D eigenvalue weighted by molar-refractivity contribution is 5.88. The summed E-state index contributed by atoms with van der Waals surface area (Å²) in [4.78, 5) is 13.1. The van der Waals surface area contributed by atoms with Gasteiger partial charge in [-0.3, -0.25) is 4.79 Å². The van der Waals surface area contributed by atoms with Gasteiger partial charge >= 0.3 is 0 Å². The van der Waals surface area contributed by atoms with Crippen molar-refractivity contribution in [2.45, 2.75) is 24.4 Å². The second-order valence-electron chi connectivity index (χ2n) is 6.97. The van der Waals surface area contributed by atoms with E-state index in [2.05, 4.69) is 5.32 Å². The van der Waals surface area contributed by atoms with Crippen LogP contribution in [-0.2, 0) is 14.9 Å². The lowest BCUT2D eigenvalue weighted by atomic mass is 9.73. The normalized spacial score (nSPS) is 17.2. The zero-order chi connectivity index (χ0) is 19.4. The van der Waals surface area contributed by atoms with Gasteiger partial charge in [0.15, 0.2) is 11.5 Å². The second kappa shape index (κ2) is 8.04. The molecule has 2 N–H and O–H groups in total. The van der Waals surface area contributed by atoms with E-state index in [-0.39, 0.29) is 12.5 Å². The van der Waals surface area contributed by atoms with E-state index in [0.29, 0.717) is 43.3 Å². The monoisotopic (exact) mass is 381 g/mol. The number of carbonyl (C=O) groups excluding carboxylic acids is 1. The maximum atomic E-state index is 13.1. The summed E-state index contributed by atoms with van der Waals surface area (Å²) in [5.41, 5.74) is 0.338. The molecular formula is C22H23NO5. The van der Waals surface area contributed by atoms with Crippen molar-refractivity contribution >= 4 is 5.91 Å². The Balaban J connectivity index is 1.45. The molecule has 0 aliphatic carbocycles. The first kappa shape index (κ1) is 18.5. The van der Waals surface area contributed by atoms with Crippen molar-refractivity contribution in [2.24, 2.45) is 0 Å². The molecule has 28 heavy (non-hydrogen) atoms. The first-order valence-corrected chi connectivity index (χ1v) is 9.42. The first-order chi connectivity index (χ1) is 13.7. The van der Waals surface area contributed by atoms with E-state index in [1.54, 1.807) is 30.5 Å². The van der Waals surface area contributed by atoms with Crippen molar-refractivity contribution in [2.75, 3.05) is 19.8 Å². The van der Waals surface area contributed by atoms with Crippen molar-refractivity contribution < 1.29 is 23.5 Å². The maximum Gasteiger partial charge on any atom is 0.230 e. The van der Waals surface area contributed by atoms with Gasteiger partial charge in [-0.2, -0.15) is 0 Å². The molecule has 3 heterocycles. The third-order valence-electron chi connectivity index (χ3n) is 5.28. The van der Waals surface area contributed by atoms with E-state index in [9.17, 15) is 9.90 Å². The lowest BCUT2D eigenvalue weighted by molar-refractivity contribution is -0.131. The van der Waals surface area contributed by atoms with Crippen LogP contribution in [0.15, 0.2) is 69.7 Å². The van der Waals surface area contributed by atoms with E-state index < -0.39 is 11.5 Å². The maximum absolute atomic E-state index is 13.1. The number of hydrogen-bond acceptors (Lipinski definition) is 5. The number of hydrogen-bond donors (Lipinski definition) is 2. The smallest absolute Gasteiger partial charge is 0.230 e. The highest BCUT2D eigenvalue weighted by atomic mass is 16.5. The SMILES string of the molecule is O=C(NCC(O)c1ccc(-c2ccco2)o1)C1(c2ccccc2)CCOCC1. The number of ether oxygens (including phenoxy) is 1. The van der Waals surface area contributed by atoms with Gasteiger partial charge in [-0.15, -0.1) is 0 Å². The molecule has 4 rings (SSSR count). The largest absolute Gasteiger partial charge is 0.461 e. The fourth-order valence-electron chi connectivity index (χ4n) is 3.67. The molecule has 2 aromatic heterocycles. The van der Waals surface area contributed by atoms with Gasteiger partial charge in [0, 0.05) is 13.2 Å². The van der Waals surface area contributed by atoms with Gasteiger partial charge in [-0.25, -0.2) is 0 Å². The molecule has 6 nitrogen and oxygen atoms in total. The van der Waals surface area contributed by atoms with Crippen LogP contribution in [0.2, 0.25) is 0 Å². The minimum atomic E-state index is -0.944. The van der Waals surface area contributed by atoms with Crippen molar-refractivity contribution in [1.82, 2.24) is 5.32 Å². The molecule has 1 saturated heterocycles. The van der Waals surface area contributed by atoms with E-state index in [4.69, 9.17) is 13.6 Å². The number of benzene rings is 1. The molecule has 3 aromatic rings. The van der Waals surface area contributed by atoms with Crippen LogP contribution in [-0.4, -0.2) is 30.8 Å². The summed E-state index contributed by atoms with van der Waals surface area (Å²) in [6, 6.07) is 16.7. The van der Waals surface area contributed by atoms with Crippen LogP contribution in [0.1, 0.15) is 30.3 Å². The molecule has 0 bridgehead atoms. The topological polar surface area (TPSA) is 84.8 Å². The van der Waals surface area contributed by atoms with Crippen molar-refractivity contribution in [3.8, 4) is 11.5 Å². The summed E-state index contributed by atoms with van der Waals surface area (Å²) in [7, 11) is 0. The van der Waals surface area contributed by atoms with Crippen LogP contribution in [0.3, 0.4) is 0 Å². The van der Waals surface area contributed by atoms with Gasteiger partial charge < -0.3 is 24.0 Å². The third kappa shape index (κ3) is 3.61. The fourth-order valence-corrected chi connectivity index (χ4v) is 3.67. The molecule has 1 aliphatic rings. The summed E-state index contributed by atoms with van der Waals surface area (Å²) in [6.07, 6.45) is 1.84. The summed E-state index contributed by atoms with van der Waals surface area (Å²) < 4.78 is 16.4. The van der Waals surface area contributed by atoms with Crippen LogP contribution in [0.5, 0.6) is 0 Å². The summed E-state index contributed by atoms with van der Waals surface area (Å²) in [5, 5.41) is 13.4. The molecule has 0 saturated carbocycles. The number of aliphatic hydroxyl groups is 1. The Morgan fingerprint density at radius 2 is 1.82 bits per heavy atom. The number of nitrogens with one attached hydrogen (secondary N) is 1. The number of carbonyl (C=O) groups is 1. The third-order valence-corrected chi connectivity index (χ3v) is 5.28. The lowest BCUT2D eigenvalue weighted by Crippen LogP contribution is -2.48. The standard InChI is InChI=1S/C22H23NO5/c24-17(18-8-9-20(28-18)19-7-4-12-27-19)15-23-21(25)22(10-13-26-14-11-22)16-5-2-1-3-6-16/h1-9,12,17,24H,10-11,13-15H2,(H,23,25). The summed E-state index contributed by atoms with van der Waals surface area (Å²) in [5.74, 6) is 1.41. The molecule has 6 heteroatoms. The Labute approximate surface area is 163 Å². The number of amides is 1. The molecule has 1 aliphatic heterocycles. The molecule has 1 atom stereocenters. The van der Waals surface area contributed by atoms with Crippen molar-refractivity contribution in [3.63, 3.8) is 0 Å². The highest BCUT2D eigenvalue weighted by Gasteiger charge is 2.41. The molecule has 1 amide bonds. The summed E-state index contributed by atoms with van der Waals surface area (Å²) in [6.45, 7) is 1.14. The minimum Gasteiger partial charge on any atom is -0.461 e. The Kier molecular flexibility index (Phi) is 5.32. The Morgan fingerprint density at radius 3 is 2.54 bits per heavy atom. The van der Waals surface area contributed by atoms with E-state index in [0.717, 1.165) is 5.56 Å². The van der Waals surface area contributed by atoms with E-state index in [1.165, 1.54) is 0 Å². The first-order valence-electron chi connectivity index (χ1n) is 9.42. The van der Waals surface area contributed by atoms with Crippen LogP contribution in [0.4, 0.5) is 0 Å². The Morgan fingerprint density at radius 1 is 1.04 bits per heavy atom. The average molecular weight is 381 g/mol. The van der Waals surface area contributed by atoms with Gasteiger partial charge in [-0.05, 0) is 42.7 Å². The summed E-state index contributed by atoms with van der Waals surface area (Å²) >= 11 is 0. The number of furan rings is 2. The fraction of sp³-hybridized carbons (Fsp3) is 0.318. The molecule has 0 radical (unpaired) electrons. The van der Waals surface area contributed by atoms with Crippen molar-refractivity contribution in [1.29, 1.82) is 0 Å². The van der Waals surface area contributed by atoms with E-state index >= 15 is 0 Å². The molecule has 1 unspecified atom stereocenters. The van der Waals surface area contributed by atoms with Crippen LogP contribution < -0.4 is 5.32 Å². The van der Waals surface area contributed by atoms with Gasteiger partial charge in [-0.1, -0.05) is 30.3 Å². The predicted octanol–water partition coefficient (Wildman–Crippen LogP) is 3.44. The average Bonchev–Trinajstić information content (AvgIpc) is 3.44. The molecule has 146 valence electrons. The lowest BCUT2D eigenvalue weighted by Gasteiger charge is -2.36. The highest BCUT2D eigenvalue weighted by Crippen LogP contribution is 2.35. The van der Waals surface area contributed by atoms with E-state index in [1.807, 2.05) is 30.3 Å². The zero-order valence-corrected chi connectivity index (χ0v) is 15.5. The predicted molar refractivity (Wildman–Crippen MR) is 103 cm³/mol. The number of aliphatic hydroxyl groups excluding tert-OH is 1. The Bertz CT molecular complexity index is 894. The quantitative estimate of drug-likeness (QED) is 0.683. The molecular weight excluding hydrogens is 358 g/mol. The van der Waals surface area contributed by atoms with Crippen molar-refractivity contribution in [3.05, 3.63) is 72.2 Å². The van der Waals surface area contributed by atoms with Crippen LogP contribution in [0, 0.1) is 0 Å². The van der Waals surface area contributed by atoms with Crippen LogP contribution in [0.25, 0.3) is 11.5 Å². The molecule has 1 aromatic carbocycles. The van der Waals surface area contributed by atoms with Crippen LogP contribution >= 0.6 is 0 Å². The molecule has 0 spiro atoms. The van der Waals surface area contributed by atoms with Gasteiger partial charge in [0.05, 0.1) is 18.2 Å².